The topological polar surface area (TPSA) is 79.2 Å². The minimum absolute atomic E-state index is 0.161. The van der Waals surface area contributed by atoms with E-state index in [2.05, 4.69) is 46.5 Å². The molecule has 0 amide bonds. The van der Waals surface area contributed by atoms with Gasteiger partial charge in [-0.05, 0) is 90.6 Å². The Bertz CT molecular complexity index is 1370. The molecule has 1 saturated heterocycles. The number of ether oxygens (including phenoxy) is 1. The van der Waals surface area contributed by atoms with E-state index in [0.29, 0.717) is 37.3 Å². The van der Waals surface area contributed by atoms with Crippen molar-refractivity contribution >= 4 is 23.1 Å². The summed E-state index contributed by atoms with van der Waals surface area (Å²) in [4.78, 5) is 25.4. The minimum Gasteiger partial charge on any atom is -0.488 e. The molecular formula is C33H35ClN2O4. The molecular weight excluding hydrogens is 524 g/mol. The number of benzene rings is 2. The van der Waals surface area contributed by atoms with E-state index >= 15 is 0 Å². The quantitative estimate of drug-likeness (QED) is 0.323. The number of hydrogen-bond donors (Lipinski definition) is 1. The van der Waals surface area contributed by atoms with Crippen LogP contribution in [0.3, 0.4) is 0 Å². The predicted molar refractivity (Wildman–Crippen MR) is 160 cm³/mol. The summed E-state index contributed by atoms with van der Waals surface area (Å²) in [5.74, 6) is 0.0887. The van der Waals surface area contributed by atoms with Gasteiger partial charge in [0, 0.05) is 36.6 Å². The van der Waals surface area contributed by atoms with Crippen LogP contribution in [0.4, 0.5) is 0 Å². The molecule has 40 heavy (non-hydrogen) atoms. The molecule has 1 N–H and O–H groups in total. The Balaban J connectivity index is 1.33. The molecule has 7 heteroatoms. The van der Waals surface area contributed by atoms with Crippen LogP contribution in [0.5, 0.6) is 5.75 Å². The molecule has 1 fully saturated rings. The maximum absolute atomic E-state index is 12.0. The van der Waals surface area contributed by atoms with Crippen molar-refractivity contribution < 1.29 is 14.6 Å². The average molecular weight is 559 g/mol. The molecule has 3 aliphatic rings. The minimum atomic E-state index is -0.768. The van der Waals surface area contributed by atoms with Crippen molar-refractivity contribution in [3.63, 3.8) is 0 Å². The van der Waals surface area contributed by atoms with Crippen LogP contribution in [0.1, 0.15) is 55.2 Å². The fraction of sp³-hybridized carbons (Fsp3) is 0.364. The Kier molecular flexibility index (Phi) is 8.98. The molecule has 2 heterocycles. The van der Waals surface area contributed by atoms with Crippen LogP contribution in [0.25, 0.3) is 5.57 Å². The van der Waals surface area contributed by atoms with Crippen molar-refractivity contribution in [1.82, 2.24) is 4.90 Å². The van der Waals surface area contributed by atoms with Crippen molar-refractivity contribution in [1.29, 1.82) is 0 Å². The van der Waals surface area contributed by atoms with Crippen LogP contribution >= 0.6 is 11.6 Å². The van der Waals surface area contributed by atoms with Crippen LogP contribution < -0.4 is 4.74 Å². The van der Waals surface area contributed by atoms with E-state index in [1.54, 1.807) is 0 Å². The molecule has 0 atom stereocenters. The SMILES string of the molecule is O=NC1(c2ccc(Cl)cc2)CCN(CC/C=C2\C3=CC=CCC=C3COc3ccc(CCCC(=O)O)cc32)CC1. The Hall–Kier alpha value is -3.48. The molecule has 2 aliphatic heterocycles. The molecule has 1 aliphatic carbocycles. The molecule has 2 aromatic carbocycles. The van der Waals surface area contributed by atoms with Crippen LogP contribution in [-0.4, -0.2) is 42.2 Å². The highest BCUT2D eigenvalue weighted by Crippen LogP contribution is 2.41. The standard InChI is InChI=1S/C33H35ClN2O4/c34-27-14-12-26(13-15-27)33(35-39)17-20-36(21-18-33)19-5-9-29-28-8-3-1-2-7-25(28)23-40-31-16-11-24(22-30(29)31)6-4-10-32(37)38/h1,3,7-9,11-16,22H,2,4-6,10,17-21,23H2,(H,37,38)/b29-9+. The number of hydrogen-bond acceptors (Lipinski definition) is 5. The summed E-state index contributed by atoms with van der Waals surface area (Å²) in [6.07, 6.45) is 15.6. The van der Waals surface area contributed by atoms with Gasteiger partial charge in [-0.15, -0.1) is 4.91 Å². The third kappa shape index (κ3) is 6.45. The van der Waals surface area contributed by atoms with E-state index < -0.39 is 11.5 Å². The van der Waals surface area contributed by atoms with E-state index in [1.165, 1.54) is 11.1 Å². The lowest BCUT2D eigenvalue weighted by Crippen LogP contribution is -2.41. The van der Waals surface area contributed by atoms with Gasteiger partial charge in [0.25, 0.3) is 0 Å². The van der Waals surface area contributed by atoms with Crippen molar-refractivity contribution in [2.24, 2.45) is 5.18 Å². The number of rotatable bonds is 9. The zero-order chi connectivity index (χ0) is 28.0. The normalized spacial score (nSPS) is 19.4. The van der Waals surface area contributed by atoms with Gasteiger partial charge in [0.2, 0.25) is 0 Å². The smallest absolute Gasteiger partial charge is 0.303 e. The number of carbonyl (C=O) groups is 1. The number of likely N-dealkylation sites (tertiary alicyclic amines) is 1. The maximum Gasteiger partial charge on any atom is 0.303 e. The second-order valence-electron chi connectivity index (χ2n) is 10.7. The summed E-state index contributed by atoms with van der Waals surface area (Å²) >= 11 is 6.06. The first kappa shape index (κ1) is 28.1. The largest absolute Gasteiger partial charge is 0.488 e. The first-order valence-corrected chi connectivity index (χ1v) is 14.4. The molecule has 0 saturated carbocycles. The number of halogens is 1. The molecule has 5 rings (SSSR count). The highest BCUT2D eigenvalue weighted by atomic mass is 35.5. The second-order valence-corrected chi connectivity index (χ2v) is 11.2. The van der Waals surface area contributed by atoms with Gasteiger partial charge in [-0.1, -0.05) is 65.4 Å². The van der Waals surface area contributed by atoms with E-state index in [1.807, 2.05) is 36.4 Å². The van der Waals surface area contributed by atoms with Crippen molar-refractivity contribution in [3.05, 3.63) is 111 Å². The molecule has 2 aromatic rings. The zero-order valence-corrected chi connectivity index (χ0v) is 23.4. The fourth-order valence-corrected chi connectivity index (χ4v) is 5.96. The molecule has 0 aromatic heterocycles. The number of carboxylic acid groups (broad SMARTS) is 1. The van der Waals surface area contributed by atoms with Crippen molar-refractivity contribution in [2.75, 3.05) is 26.2 Å². The van der Waals surface area contributed by atoms with Crippen molar-refractivity contribution in [3.8, 4) is 5.75 Å². The Labute approximate surface area is 240 Å². The molecule has 0 radical (unpaired) electrons. The maximum atomic E-state index is 12.0. The zero-order valence-electron chi connectivity index (χ0n) is 22.7. The van der Waals surface area contributed by atoms with E-state index in [-0.39, 0.29) is 6.42 Å². The first-order chi connectivity index (χ1) is 19.5. The monoisotopic (exact) mass is 558 g/mol. The number of fused-ring (bicyclic) bond motifs is 2. The van der Waals surface area contributed by atoms with Crippen LogP contribution in [-0.2, 0) is 16.8 Å². The highest BCUT2D eigenvalue weighted by molar-refractivity contribution is 6.30. The number of piperidine rings is 1. The van der Waals surface area contributed by atoms with Gasteiger partial charge in [-0.3, -0.25) is 4.79 Å². The van der Waals surface area contributed by atoms with Gasteiger partial charge in [0.1, 0.15) is 17.9 Å². The fourth-order valence-electron chi connectivity index (χ4n) is 5.83. The Morgan fingerprint density at radius 2 is 1.95 bits per heavy atom. The molecule has 6 nitrogen and oxygen atoms in total. The number of aryl methyl sites for hydroxylation is 1. The van der Waals surface area contributed by atoms with Gasteiger partial charge in [0.05, 0.1) is 0 Å². The van der Waals surface area contributed by atoms with E-state index in [9.17, 15) is 9.70 Å². The second kappa shape index (κ2) is 12.8. The molecule has 0 unspecified atom stereocenters. The van der Waals surface area contributed by atoms with Gasteiger partial charge in [0.15, 0.2) is 0 Å². The molecule has 0 spiro atoms. The van der Waals surface area contributed by atoms with Crippen LogP contribution in [0.2, 0.25) is 5.02 Å². The van der Waals surface area contributed by atoms with Crippen molar-refractivity contribution in [2.45, 2.75) is 50.5 Å². The average Bonchev–Trinajstić information content (AvgIpc) is 3.27. The number of allylic oxidation sites excluding steroid dienone is 5. The number of nitrogens with zero attached hydrogens (tertiary/aromatic N) is 2. The summed E-state index contributed by atoms with van der Waals surface area (Å²) in [7, 11) is 0. The lowest BCUT2D eigenvalue weighted by atomic mass is 9.82. The molecule has 208 valence electrons. The number of nitroso groups, excluding NO2 is 1. The lowest BCUT2D eigenvalue weighted by molar-refractivity contribution is -0.137. The van der Waals surface area contributed by atoms with Gasteiger partial charge >= 0.3 is 5.97 Å². The van der Waals surface area contributed by atoms with Crippen LogP contribution in [0.15, 0.2) is 89.2 Å². The van der Waals surface area contributed by atoms with E-state index in [4.69, 9.17) is 21.4 Å². The summed E-state index contributed by atoms with van der Waals surface area (Å²) in [5, 5.41) is 13.3. The van der Waals surface area contributed by atoms with Gasteiger partial charge in [-0.25, -0.2) is 0 Å². The molecule has 0 bridgehead atoms. The highest BCUT2D eigenvalue weighted by Gasteiger charge is 2.37. The third-order valence-electron chi connectivity index (χ3n) is 8.14. The Morgan fingerprint density at radius 1 is 1.15 bits per heavy atom. The van der Waals surface area contributed by atoms with Gasteiger partial charge < -0.3 is 14.7 Å². The third-order valence-corrected chi connectivity index (χ3v) is 8.39. The number of carboxylic acids is 1. The summed E-state index contributed by atoms with van der Waals surface area (Å²) < 4.78 is 6.25. The van der Waals surface area contributed by atoms with Gasteiger partial charge in [-0.2, -0.15) is 0 Å². The van der Waals surface area contributed by atoms with Crippen LogP contribution in [0, 0.1) is 4.91 Å². The predicted octanol–water partition coefficient (Wildman–Crippen LogP) is 7.48. The summed E-state index contributed by atoms with van der Waals surface area (Å²) in [5.41, 5.74) is 5.95. The number of aliphatic carboxylic acids is 1. The first-order valence-electron chi connectivity index (χ1n) is 14.0. The summed E-state index contributed by atoms with van der Waals surface area (Å²) in [6, 6.07) is 13.7. The van der Waals surface area contributed by atoms with E-state index in [0.717, 1.165) is 60.5 Å². The Morgan fingerprint density at radius 3 is 2.70 bits per heavy atom. The lowest BCUT2D eigenvalue weighted by Gasteiger charge is -2.37. The summed E-state index contributed by atoms with van der Waals surface area (Å²) in [6.45, 7) is 3.02.